The molecule has 0 aliphatic rings. The highest BCUT2D eigenvalue weighted by molar-refractivity contribution is 6.89. The Bertz CT molecular complexity index is 1010. The van der Waals surface area contributed by atoms with Gasteiger partial charge in [0, 0.05) is 12.8 Å². The highest BCUT2D eigenvalue weighted by Gasteiger charge is 2.33. The molecule has 4 nitrogen and oxygen atoms in total. The van der Waals surface area contributed by atoms with Gasteiger partial charge in [0.25, 0.3) is 0 Å². The third-order valence-electron chi connectivity index (χ3n) is 5.95. The summed E-state index contributed by atoms with van der Waals surface area (Å²) in [4.78, 5) is 25.4. The van der Waals surface area contributed by atoms with E-state index in [0.717, 1.165) is 0 Å². The fraction of sp³-hybridized carbons (Fsp3) is 0.379. The number of esters is 2. The average Bonchev–Trinajstić information content (AvgIpc) is 2.80. The van der Waals surface area contributed by atoms with E-state index in [1.54, 1.807) is 24.3 Å². The van der Waals surface area contributed by atoms with Crippen LogP contribution in [0.4, 0.5) is 0 Å². The molecule has 0 amide bonds. The summed E-state index contributed by atoms with van der Waals surface area (Å²) in [5.74, 6) is 4.28. The Labute approximate surface area is 212 Å². The normalized spacial score (nSPS) is 11.8. The highest BCUT2D eigenvalue weighted by atomic mass is 28.3. The summed E-state index contributed by atoms with van der Waals surface area (Å²) in [6, 6.07) is 15.0. The molecular formula is C29H36O4Si2. The van der Waals surface area contributed by atoms with Crippen molar-refractivity contribution >= 4 is 38.5 Å². The smallest absolute Gasteiger partial charge is 0.338 e. The van der Waals surface area contributed by atoms with Gasteiger partial charge < -0.3 is 9.47 Å². The number of carbonyl (C=O) groups is 2. The first-order valence-corrected chi connectivity index (χ1v) is 18.7. The molecule has 0 N–H and O–H groups in total. The number of rotatable bonds is 10. The average molecular weight is 505 g/mol. The number of benzene rings is 2. The summed E-state index contributed by atoms with van der Waals surface area (Å²) in [6.45, 7) is 13.4. The molecular weight excluding hydrogens is 468 g/mol. The van der Waals surface area contributed by atoms with Gasteiger partial charge in [0.2, 0.25) is 0 Å². The van der Waals surface area contributed by atoms with Gasteiger partial charge in [-0.05, 0) is 24.3 Å². The van der Waals surface area contributed by atoms with Crippen LogP contribution in [-0.2, 0) is 9.47 Å². The minimum Gasteiger partial charge on any atom is -0.461 e. The summed E-state index contributed by atoms with van der Waals surface area (Å²) in [5, 5.41) is 2.51. The van der Waals surface area contributed by atoms with Gasteiger partial charge >= 0.3 is 11.9 Å². The van der Waals surface area contributed by atoms with Gasteiger partial charge in [-0.2, -0.15) is 0 Å². The minimum absolute atomic E-state index is 0.0438. The van der Waals surface area contributed by atoms with E-state index < -0.39 is 33.5 Å². The SMILES string of the molecule is C#CCC(CC#C)(COC(=O)c1ccc([Si](C)(C)C)cc1)COC(=O)c1ccc([Si](C)(C)C)cc1. The first-order valence-electron chi connectivity index (χ1n) is 11.7. The van der Waals surface area contributed by atoms with Gasteiger partial charge in [-0.3, -0.25) is 0 Å². The van der Waals surface area contributed by atoms with E-state index in [4.69, 9.17) is 22.3 Å². The molecule has 0 unspecified atom stereocenters. The van der Waals surface area contributed by atoms with E-state index in [1.165, 1.54) is 10.4 Å². The number of terminal acetylenes is 2. The molecule has 0 saturated heterocycles. The van der Waals surface area contributed by atoms with Crippen LogP contribution in [0.3, 0.4) is 0 Å². The number of hydrogen-bond acceptors (Lipinski definition) is 4. The molecule has 0 bridgehead atoms. The van der Waals surface area contributed by atoms with Gasteiger partial charge in [-0.25, -0.2) is 9.59 Å². The molecule has 0 fully saturated rings. The van der Waals surface area contributed by atoms with Crippen molar-refractivity contribution in [1.29, 1.82) is 0 Å². The Balaban J connectivity index is 2.10. The van der Waals surface area contributed by atoms with E-state index in [0.29, 0.717) is 11.1 Å². The van der Waals surface area contributed by atoms with E-state index in [1.807, 2.05) is 24.3 Å². The Morgan fingerprint density at radius 1 is 0.686 bits per heavy atom. The first-order chi connectivity index (χ1) is 16.3. The van der Waals surface area contributed by atoms with Gasteiger partial charge in [0.15, 0.2) is 0 Å². The predicted molar refractivity (Wildman–Crippen MR) is 149 cm³/mol. The summed E-state index contributed by atoms with van der Waals surface area (Å²) >= 11 is 0. The van der Waals surface area contributed by atoms with Crippen LogP contribution in [0.2, 0.25) is 39.3 Å². The molecule has 0 heterocycles. The van der Waals surface area contributed by atoms with Crippen LogP contribution in [0.15, 0.2) is 48.5 Å². The molecule has 2 aromatic carbocycles. The molecule has 2 aromatic rings. The lowest BCUT2D eigenvalue weighted by molar-refractivity contribution is -0.00242. The van der Waals surface area contributed by atoms with E-state index in [2.05, 4.69) is 51.1 Å². The largest absolute Gasteiger partial charge is 0.461 e. The Morgan fingerprint density at radius 2 is 1.00 bits per heavy atom. The second-order valence-electron chi connectivity index (χ2n) is 11.1. The van der Waals surface area contributed by atoms with Gasteiger partial charge in [0.1, 0.15) is 13.2 Å². The van der Waals surface area contributed by atoms with Crippen molar-refractivity contribution in [3.05, 3.63) is 59.7 Å². The Kier molecular flexibility index (Phi) is 9.32. The van der Waals surface area contributed by atoms with Crippen molar-refractivity contribution in [3.8, 4) is 24.7 Å². The molecule has 0 aliphatic carbocycles. The molecule has 35 heavy (non-hydrogen) atoms. The third kappa shape index (κ3) is 7.99. The van der Waals surface area contributed by atoms with Gasteiger partial charge in [-0.1, -0.05) is 73.9 Å². The zero-order chi connectivity index (χ0) is 26.3. The molecule has 184 valence electrons. The van der Waals surface area contributed by atoms with Crippen LogP contribution < -0.4 is 10.4 Å². The summed E-state index contributed by atoms with van der Waals surface area (Å²) < 4.78 is 11.2. The monoisotopic (exact) mass is 504 g/mol. The molecule has 0 aliphatic heterocycles. The van der Waals surface area contributed by atoms with Crippen molar-refractivity contribution < 1.29 is 19.1 Å². The summed E-state index contributed by atoms with van der Waals surface area (Å²) in [6.07, 6.45) is 11.6. The molecule has 0 radical (unpaired) electrons. The number of hydrogen-bond donors (Lipinski definition) is 0. The van der Waals surface area contributed by atoms with E-state index in [-0.39, 0.29) is 26.1 Å². The molecule has 0 atom stereocenters. The lowest BCUT2D eigenvalue weighted by atomic mass is 9.83. The van der Waals surface area contributed by atoms with Crippen LogP contribution in [0.5, 0.6) is 0 Å². The lowest BCUT2D eigenvalue weighted by Crippen LogP contribution is -2.37. The van der Waals surface area contributed by atoms with Crippen molar-refractivity contribution in [2.45, 2.75) is 52.1 Å². The predicted octanol–water partition coefficient (Wildman–Crippen LogP) is 4.82. The van der Waals surface area contributed by atoms with Crippen LogP contribution >= 0.6 is 0 Å². The maximum Gasteiger partial charge on any atom is 0.338 e. The maximum atomic E-state index is 12.7. The van der Waals surface area contributed by atoms with E-state index in [9.17, 15) is 9.59 Å². The Hall–Kier alpha value is -3.07. The number of ether oxygens (including phenoxy) is 2. The fourth-order valence-corrected chi connectivity index (χ4v) is 5.89. The number of carbonyl (C=O) groups excluding carboxylic acids is 2. The third-order valence-corrected chi connectivity index (χ3v) is 10.1. The van der Waals surface area contributed by atoms with Crippen LogP contribution in [-0.4, -0.2) is 41.3 Å². The van der Waals surface area contributed by atoms with Crippen LogP contribution in [0.25, 0.3) is 0 Å². The minimum atomic E-state index is -1.47. The summed E-state index contributed by atoms with van der Waals surface area (Å²) in [5.41, 5.74) is 0.0642. The van der Waals surface area contributed by atoms with Crippen molar-refractivity contribution in [3.63, 3.8) is 0 Å². The zero-order valence-electron chi connectivity index (χ0n) is 21.7. The maximum absolute atomic E-state index is 12.7. The van der Waals surface area contributed by atoms with Crippen molar-refractivity contribution in [2.75, 3.05) is 13.2 Å². The topological polar surface area (TPSA) is 52.6 Å². The van der Waals surface area contributed by atoms with Gasteiger partial charge in [0.05, 0.1) is 32.7 Å². The highest BCUT2D eigenvalue weighted by Crippen LogP contribution is 2.28. The lowest BCUT2D eigenvalue weighted by Gasteiger charge is -2.29. The second-order valence-corrected chi connectivity index (χ2v) is 21.2. The van der Waals surface area contributed by atoms with Crippen LogP contribution in [0.1, 0.15) is 33.6 Å². The summed E-state index contributed by atoms with van der Waals surface area (Å²) in [7, 11) is -2.93. The standard InChI is InChI=1S/C29H36O4Si2/c1-9-19-29(20-10-2,21-32-27(30)23-11-15-25(16-12-23)34(3,4)5)22-33-28(31)24-13-17-26(18-14-24)35(6,7)8/h1-2,11-18H,19-22H2,3-8H3. The fourth-order valence-electron chi connectivity index (χ4n) is 3.56. The van der Waals surface area contributed by atoms with Gasteiger partial charge in [-0.15, -0.1) is 24.7 Å². The van der Waals surface area contributed by atoms with E-state index >= 15 is 0 Å². The molecule has 0 aromatic heterocycles. The van der Waals surface area contributed by atoms with Crippen molar-refractivity contribution in [2.24, 2.45) is 5.41 Å². The molecule has 6 heteroatoms. The first kappa shape index (κ1) is 28.2. The van der Waals surface area contributed by atoms with Crippen LogP contribution in [0, 0.1) is 30.1 Å². The molecule has 0 spiro atoms. The molecule has 0 saturated carbocycles. The zero-order valence-corrected chi connectivity index (χ0v) is 23.7. The Morgan fingerprint density at radius 3 is 1.26 bits per heavy atom. The molecule has 2 rings (SSSR count). The second kappa shape index (κ2) is 11.6. The quantitative estimate of drug-likeness (QED) is 0.264. The van der Waals surface area contributed by atoms with Crippen molar-refractivity contribution in [1.82, 2.24) is 0 Å².